The summed E-state index contributed by atoms with van der Waals surface area (Å²) in [5.41, 5.74) is 0. The fraction of sp³-hybridized carbons (Fsp3) is 0.667. The van der Waals surface area contributed by atoms with Crippen LogP contribution in [0.3, 0.4) is 0 Å². The average Bonchev–Trinajstić information content (AvgIpc) is 2.72. The van der Waals surface area contributed by atoms with Gasteiger partial charge in [-0.3, -0.25) is 4.79 Å². The van der Waals surface area contributed by atoms with Gasteiger partial charge in [0.2, 0.25) is 5.91 Å². The maximum Gasteiger partial charge on any atom is 0.234 e. The van der Waals surface area contributed by atoms with Crippen molar-refractivity contribution < 1.29 is 4.79 Å². The quantitative estimate of drug-likeness (QED) is 0.739. The van der Waals surface area contributed by atoms with Gasteiger partial charge in [0.1, 0.15) is 5.82 Å². The lowest BCUT2D eigenvalue weighted by Gasteiger charge is -2.14. The number of nitrogens with one attached hydrogen (secondary N) is 2. The smallest absolute Gasteiger partial charge is 0.234 e. The van der Waals surface area contributed by atoms with Gasteiger partial charge in [0.05, 0.1) is 13.1 Å². The summed E-state index contributed by atoms with van der Waals surface area (Å²) in [5, 5.41) is 6.07. The van der Waals surface area contributed by atoms with Crippen LogP contribution in [0, 0.1) is 0 Å². The lowest BCUT2D eigenvalue weighted by atomic mass is 10.2. The van der Waals surface area contributed by atoms with Gasteiger partial charge in [-0.05, 0) is 12.8 Å². The Labute approximate surface area is 103 Å². The molecule has 5 nitrogen and oxygen atoms in total. The third-order valence-corrected chi connectivity index (χ3v) is 2.84. The van der Waals surface area contributed by atoms with Crippen LogP contribution < -0.4 is 10.6 Å². The molecule has 1 amide bonds. The van der Waals surface area contributed by atoms with Gasteiger partial charge in [0, 0.05) is 25.5 Å². The second kappa shape index (κ2) is 7.06. The summed E-state index contributed by atoms with van der Waals surface area (Å²) in [4.78, 5) is 15.8. The molecule has 0 saturated heterocycles. The lowest BCUT2D eigenvalue weighted by molar-refractivity contribution is -0.121. The first kappa shape index (κ1) is 13.7. The molecule has 17 heavy (non-hydrogen) atoms. The number of carbonyl (C=O) groups is 1. The Hall–Kier alpha value is -1.36. The molecular weight excluding hydrogens is 216 g/mol. The molecule has 0 saturated carbocycles. The molecule has 0 fully saturated rings. The third kappa shape index (κ3) is 4.56. The van der Waals surface area contributed by atoms with E-state index < -0.39 is 0 Å². The number of hydrogen-bond acceptors (Lipinski definition) is 3. The summed E-state index contributed by atoms with van der Waals surface area (Å²) in [7, 11) is 1.94. The first-order chi connectivity index (χ1) is 8.17. The molecule has 0 aliphatic heterocycles. The van der Waals surface area contributed by atoms with Gasteiger partial charge in [-0.25, -0.2) is 4.98 Å². The minimum Gasteiger partial charge on any atom is -0.352 e. The molecule has 1 rings (SSSR count). The minimum atomic E-state index is 0.0490. The van der Waals surface area contributed by atoms with Gasteiger partial charge in [-0.15, -0.1) is 0 Å². The highest BCUT2D eigenvalue weighted by atomic mass is 16.1. The van der Waals surface area contributed by atoms with Crippen LogP contribution in [0.5, 0.6) is 0 Å². The van der Waals surface area contributed by atoms with Gasteiger partial charge < -0.3 is 15.2 Å². The van der Waals surface area contributed by atoms with E-state index in [0.717, 1.165) is 18.7 Å². The second-order valence-corrected chi connectivity index (χ2v) is 4.14. The van der Waals surface area contributed by atoms with Crippen LogP contribution in [0.2, 0.25) is 0 Å². The SMILES string of the molecule is CCC(CC)NC(=O)CNCc1nccn1C. The number of amides is 1. The predicted octanol–water partition coefficient (Wildman–Crippen LogP) is 0.814. The van der Waals surface area contributed by atoms with Crippen LogP contribution >= 0.6 is 0 Å². The van der Waals surface area contributed by atoms with Crippen molar-refractivity contribution in [2.75, 3.05) is 6.54 Å². The molecule has 0 radical (unpaired) electrons. The highest BCUT2D eigenvalue weighted by Crippen LogP contribution is 1.95. The lowest BCUT2D eigenvalue weighted by Crippen LogP contribution is -2.39. The molecule has 5 heteroatoms. The zero-order chi connectivity index (χ0) is 12.7. The van der Waals surface area contributed by atoms with Crippen molar-refractivity contribution in [2.24, 2.45) is 7.05 Å². The topological polar surface area (TPSA) is 59.0 Å². The number of hydrogen-bond donors (Lipinski definition) is 2. The van der Waals surface area contributed by atoms with E-state index in [9.17, 15) is 4.79 Å². The molecule has 0 spiro atoms. The maximum atomic E-state index is 11.6. The van der Waals surface area contributed by atoms with Gasteiger partial charge in [-0.1, -0.05) is 13.8 Å². The van der Waals surface area contributed by atoms with E-state index in [4.69, 9.17) is 0 Å². The third-order valence-electron chi connectivity index (χ3n) is 2.84. The van der Waals surface area contributed by atoms with E-state index in [1.165, 1.54) is 0 Å². The van der Waals surface area contributed by atoms with Crippen molar-refractivity contribution in [3.8, 4) is 0 Å². The molecule has 0 atom stereocenters. The summed E-state index contributed by atoms with van der Waals surface area (Å²) < 4.78 is 1.94. The fourth-order valence-electron chi connectivity index (χ4n) is 1.63. The van der Waals surface area contributed by atoms with E-state index in [1.54, 1.807) is 6.20 Å². The predicted molar refractivity (Wildman–Crippen MR) is 67.4 cm³/mol. The fourth-order valence-corrected chi connectivity index (χ4v) is 1.63. The van der Waals surface area contributed by atoms with Crippen LogP contribution in [0.25, 0.3) is 0 Å². The number of imidazole rings is 1. The Balaban J connectivity index is 2.22. The molecule has 0 aliphatic rings. The normalized spacial score (nSPS) is 10.8. The molecule has 2 N–H and O–H groups in total. The van der Waals surface area contributed by atoms with Crippen molar-refractivity contribution in [2.45, 2.75) is 39.3 Å². The largest absolute Gasteiger partial charge is 0.352 e. The summed E-state index contributed by atoms with van der Waals surface area (Å²) in [6.45, 7) is 5.11. The molecule has 1 aromatic heterocycles. The number of aromatic nitrogens is 2. The second-order valence-electron chi connectivity index (χ2n) is 4.14. The zero-order valence-electron chi connectivity index (χ0n) is 10.9. The summed E-state index contributed by atoms with van der Waals surface area (Å²) in [5.74, 6) is 0.980. The highest BCUT2D eigenvalue weighted by Gasteiger charge is 2.07. The molecule has 0 bridgehead atoms. The molecule has 1 heterocycles. The van der Waals surface area contributed by atoms with Crippen molar-refractivity contribution in [3.05, 3.63) is 18.2 Å². The summed E-state index contributed by atoms with van der Waals surface area (Å²) >= 11 is 0. The molecular formula is C12H22N4O. The molecule has 0 aromatic carbocycles. The highest BCUT2D eigenvalue weighted by molar-refractivity contribution is 5.78. The van der Waals surface area contributed by atoms with E-state index in [0.29, 0.717) is 13.1 Å². The van der Waals surface area contributed by atoms with E-state index in [-0.39, 0.29) is 11.9 Å². The Kier molecular flexibility index (Phi) is 5.69. The van der Waals surface area contributed by atoms with Crippen molar-refractivity contribution in [1.29, 1.82) is 0 Å². The molecule has 1 aromatic rings. The van der Waals surface area contributed by atoms with E-state index in [1.807, 2.05) is 17.8 Å². The molecule has 0 unspecified atom stereocenters. The first-order valence-corrected chi connectivity index (χ1v) is 6.13. The first-order valence-electron chi connectivity index (χ1n) is 6.13. The number of nitrogens with zero attached hydrogens (tertiary/aromatic N) is 2. The van der Waals surface area contributed by atoms with Crippen LogP contribution in [0.4, 0.5) is 0 Å². The Morgan fingerprint density at radius 1 is 1.47 bits per heavy atom. The number of aryl methyl sites for hydroxylation is 1. The van der Waals surface area contributed by atoms with E-state index in [2.05, 4.69) is 29.5 Å². The monoisotopic (exact) mass is 238 g/mol. The van der Waals surface area contributed by atoms with Gasteiger partial charge in [-0.2, -0.15) is 0 Å². The Bertz CT molecular complexity index is 344. The van der Waals surface area contributed by atoms with Crippen LogP contribution in [-0.2, 0) is 18.4 Å². The maximum absolute atomic E-state index is 11.6. The standard InChI is InChI=1S/C12H22N4O/c1-4-10(5-2)15-12(17)9-13-8-11-14-6-7-16(11)3/h6-7,10,13H,4-5,8-9H2,1-3H3,(H,15,17). The number of carbonyl (C=O) groups excluding carboxylic acids is 1. The van der Waals surface area contributed by atoms with Crippen molar-refractivity contribution in [1.82, 2.24) is 20.2 Å². The molecule has 0 aliphatic carbocycles. The summed E-state index contributed by atoms with van der Waals surface area (Å²) in [6.07, 6.45) is 5.59. The van der Waals surface area contributed by atoms with Crippen LogP contribution in [0.1, 0.15) is 32.5 Å². The average molecular weight is 238 g/mol. The Morgan fingerprint density at radius 3 is 2.71 bits per heavy atom. The van der Waals surface area contributed by atoms with Crippen LogP contribution in [0.15, 0.2) is 12.4 Å². The zero-order valence-corrected chi connectivity index (χ0v) is 10.9. The number of rotatable bonds is 7. The van der Waals surface area contributed by atoms with Gasteiger partial charge in [0.15, 0.2) is 0 Å². The van der Waals surface area contributed by atoms with Gasteiger partial charge >= 0.3 is 0 Å². The van der Waals surface area contributed by atoms with Gasteiger partial charge in [0.25, 0.3) is 0 Å². The van der Waals surface area contributed by atoms with Crippen molar-refractivity contribution in [3.63, 3.8) is 0 Å². The Morgan fingerprint density at radius 2 is 2.18 bits per heavy atom. The minimum absolute atomic E-state index is 0.0490. The molecule has 96 valence electrons. The summed E-state index contributed by atoms with van der Waals surface area (Å²) in [6, 6.07) is 0.289. The van der Waals surface area contributed by atoms with E-state index >= 15 is 0 Å². The van der Waals surface area contributed by atoms with Crippen molar-refractivity contribution >= 4 is 5.91 Å². The van der Waals surface area contributed by atoms with Crippen LogP contribution in [-0.4, -0.2) is 28.0 Å².